The van der Waals surface area contributed by atoms with Gasteiger partial charge in [-0.1, -0.05) is 21.1 Å². The van der Waals surface area contributed by atoms with Crippen LogP contribution in [0.4, 0.5) is 8.78 Å². The summed E-state index contributed by atoms with van der Waals surface area (Å²) in [6.45, 7) is -2.49. The normalized spacial score (nSPS) is 11.3. The van der Waals surface area contributed by atoms with Crippen molar-refractivity contribution in [2.24, 2.45) is 10.9 Å². The Bertz CT molecular complexity index is 742. The lowest BCUT2D eigenvalue weighted by molar-refractivity contribution is -0.0512. The van der Waals surface area contributed by atoms with Crippen LogP contribution in [0.3, 0.4) is 0 Å². The summed E-state index contributed by atoms with van der Waals surface area (Å²) < 4.78 is 40.4. The third-order valence-electron chi connectivity index (χ3n) is 3.10. The molecular weight excluding hydrogens is 414 g/mol. The molecule has 2 aromatic rings. The SMILES string of the molecule is COc1cc(/C(N)=N/OCCOc2ccc(Br)cc2)ccc1OC(F)F. The van der Waals surface area contributed by atoms with Crippen molar-refractivity contribution in [1.82, 2.24) is 0 Å². The van der Waals surface area contributed by atoms with E-state index in [0.717, 1.165) is 4.47 Å². The lowest BCUT2D eigenvalue weighted by atomic mass is 10.2. The fraction of sp³-hybridized carbons (Fsp3) is 0.235. The first kappa shape index (κ1) is 19.8. The summed E-state index contributed by atoms with van der Waals surface area (Å²) in [5.41, 5.74) is 6.26. The number of alkyl halides is 2. The van der Waals surface area contributed by atoms with Crippen molar-refractivity contribution >= 4 is 21.8 Å². The summed E-state index contributed by atoms with van der Waals surface area (Å²) in [6, 6.07) is 11.6. The van der Waals surface area contributed by atoms with Crippen LogP contribution in [0.25, 0.3) is 0 Å². The maximum absolute atomic E-state index is 12.3. The minimum absolute atomic E-state index is 0.0653. The first-order valence-corrected chi connectivity index (χ1v) is 8.26. The van der Waals surface area contributed by atoms with Gasteiger partial charge in [-0.2, -0.15) is 8.78 Å². The van der Waals surface area contributed by atoms with Crippen molar-refractivity contribution in [3.63, 3.8) is 0 Å². The molecule has 9 heteroatoms. The van der Waals surface area contributed by atoms with Gasteiger partial charge in [-0.15, -0.1) is 0 Å². The van der Waals surface area contributed by atoms with Gasteiger partial charge in [-0.3, -0.25) is 0 Å². The number of nitrogens with two attached hydrogens (primary N) is 1. The van der Waals surface area contributed by atoms with Crippen LogP contribution in [0.1, 0.15) is 5.56 Å². The molecule has 0 unspecified atom stereocenters. The van der Waals surface area contributed by atoms with Crippen LogP contribution >= 0.6 is 15.9 Å². The summed E-state index contributed by atoms with van der Waals surface area (Å²) in [6.07, 6.45) is 0. The van der Waals surface area contributed by atoms with E-state index >= 15 is 0 Å². The van der Waals surface area contributed by atoms with Crippen molar-refractivity contribution in [2.45, 2.75) is 6.61 Å². The minimum Gasteiger partial charge on any atom is -0.493 e. The quantitative estimate of drug-likeness (QED) is 0.283. The molecule has 0 aliphatic carbocycles. The number of ether oxygens (including phenoxy) is 3. The van der Waals surface area contributed by atoms with E-state index in [2.05, 4.69) is 25.8 Å². The van der Waals surface area contributed by atoms with Crippen LogP contribution < -0.4 is 19.9 Å². The number of benzene rings is 2. The topological polar surface area (TPSA) is 75.3 Å². The lowest BCUT2D eigenvalue weighted by Gasteiger charge is -2.11. The van der Waals surface area contributed by atoms with Crippen LogP contribution in [0.2, 0.25) is 0 Å². The Morgan fingerprint density at radius 3 is 2.50 bits per heavy atom. The highest BCUT2D eigenvalue weighted by Gasteiger charge is 2.12. The van der Waals surface area contributed by atoms with Gasteiger partial charge in [0.15, 0.2) is 23.9 Å². The standard InChI is InChI=1S/C17H17BrF2N2O4/c1-23-15-10-11(2-7-14(15)26-17(19)20)16(21)22-25-9-8-24-13-5-3-12(18)4-6-13/h2-7,10,17H,8-9H2,1H3,(H2,21,22). The maximum atomic E-state index is 12.3. The van der Waals surface area contributed by atoms with Crippen LogP contribution in [0.15, 0.2) is 52.1 Å². The molecule has 0 atom stereocenters. The molecular formula is C17H17BrF2N2O4. The van der Waals surface area contributed by atoms with Gasteiger partial charge < -0.3 is 24.8 Å². The number of hydrogen-bond acceptors (Lipinski definition) is 5. The third-order valence-corrected chi connectivity index (χ3v) is 3.62. The molecule has 0 saturated heterocycles. The predicted molar refractivity (Wildman–Crippen MR) is 95.9 cm³/mol. The van der Waals surface area contributed by atoms with Crippen molar-refractivity contribution < 1.29 is 27.8 Å². The molecule has 0 bridgehead atoms. The number of rotatable bonds is 9. The molecule has 0 heterocycles. The molecule has 6 nitrogen and oxygen atoms in total. The molecule has 2 N–H and O–H groups in total. The highest BCUT2D eigenvalue weighted by molar-refractivity contribution is 9.10. The summed E-state index contributed by atoms with van der Waals surface area (Å²) in [7, 11) is 1.33. The van der Waals surface area contributed by atoms with Gasteiger partial charge >= 0.3 is 6.61 Å². The highest BCUT2D eigenvalue weighted by Crippen LogP contribution is 2.29. The number of amidine groups is 1. The van der Waals surface area contributed by atoms with E-state index in [4.69, 9.17) is 20.0 Å². The summed E-state index contributed by atoms with van der Waals surface area (Å²) in [4.78, 5) is 5.10. The first-order valence-electron chi connectivity index (χ1n) is 7.46. The van der Waals surface area contributed by atoms with E-state index in [1.165, 1.54) is 25.3 Å². The molecule has 140 valence electrons. The maximum Gasteiger partial charge on any atom is 0.387 e. The van der Waals surface area contributed by atoms with E-state index in [1.807, 2.05) is 24.3 Å². The number of nitrogens with zero attached hydrogens (tertiary/aromatic N) is 1. The van der Waals surface area contributed by atoms with Gasteiger partial charge in [0.25, 0.3) is 0 Å². The Balaban J connectivity index is 1.87. The van der Waals surface area contributed by atoms with Crippen molar-refractivity contribution in [3.8, 4) is 17.2 Å². The van der Waals surface area contributed by atoms with Gasteiger partial charge in [0.2, 0.25) is 0 Å². The Labute approximate surface area is 157 Å². The zero-order chi connectivity index (χ0) is 18.9. The first-order chi connectivity index (χ1) is 12.5. The van der Waals surface area contributed by atoms with Crippen molar-refractivity contribution in [3.05, 3.63) is 52.5 Å². The van der Waals surface area contributed by atoms with Gasteiger partial charge in [-0.05, 0) is 42.5 Å². The number of methoxy groups -OCH3 is 1. The van der Waals surface area contributed by atoms with Crippen molar-refractivity contribution in [1.29, 1.82) is 0 Å². The molecule has 0 aromatic heterocycles. The van der Waals surface area contributed by atoms with E-state index in [-0.39, 0.29) is 30.5 Å². The van der Waals surface area contributed by atoms with E-state index in [9.17, 15) is 8.78 Å². The Morgan fingerprint density at radius 1 is 1.12 bits per heavy atom. The molecule has 2 aromatic carbocycles. The van der Waals surface area contributed by atoms with Gasteiger partial charge in [0.1, 0.15) is 12.4 Å². The second-order valence-corrected chi connectivity index (χ2v) is 5.77. The molecule has 0 aliphatic rings. The van der Waals surface area contributed by atoms with Crippen LogP contribution in [-0.2, 0) is 4.84 Å². The molecule has 26 heavy (non-hydrogen) atoms. The molecule has 0 spiro atoms. The Kier molecular flexibility index (Phi) is 7.46. The van der Waals surface area contributed by atoms with Gasteiger partial charge in [0, 0.05) is 10.0 Å². The summed E-state index contributed by atoms with van der Waals surface area (Å²) >= 11 is 3.34. The van der Waals surface area contributed by atoms with E-state index in [1.54, 1.807) is 0 Å². The molecule has 2 rings (SSSR count). The smallest absolute Gasteiger partial charge is 0.387 e. The second-order valence-electron chi connectivity index (χ2n) is 4.86. The number of hydrogen-bond donors (Lipinski definition) is 1. The fourth-order valence-electron chi connectivity index (χ4n) is 1.92. The van der Waals surface area contributed by atoms with Crippen LogP contribution in [0.5, 0.6) is 17.2 Å². The summed E-state index contributed by atoms with van der Waals surface area (Å²) in [5.74, 6) is 0.783. The fourth-order valence-corrected chi connectivity index (χ4v) is 2.18. The summed E-state index contributed by atoms with van der Waals surface area (Å²) in [5, 5.41) is 3.77. The van der Waals surface area contributed by atoms with E-state index in [0.29, 0.717) is 11.3 Å². The highest BCUT2D eigenvalue weighted by atomic mass is 79.9. The lowest BCUT2D eigenvalue weighted by Crippen LogP contribution is -2.15. The monoisotopic (exact) mass is 430 g/mol. The Morgan fingerprint density at radius 2 is 1.85 bits per heavy atom. The number of halogens is 3. The molecule has 0 radical (unpaired) electrons. The average Bonchev–Trinajstić information content (AvgIpc) is 2.62. The van der Waals surface area contributed by atoms with Gasteiger partial charge in [-0.25, -0.2) is 0 Å². The minimum atomic E-state index is -2.95. The van der Waals surface area contributed by atoms with E-state index < -0.39 is 6.61 Å². The molecule has 0 fully saturated rings. The van der Waals surface area contributed by atoms with Crippen LogP contribution in [0, 0.1) is 0 Å². The van der Waals surface area contributed by atoms with Crippen molar-refractivity contribution in [2.75, 3.05) is 20.3 Å². The third kappa shape index (κ3) is 6.07. The molecule has 0 amide bonds. The molecule has 0 aliphatic heterocycles. The predicted octanol–water partition coefficient (Wildman–Crippen LogP) is 3.78. The van der Waals surface area contributed by atoms with Crippen LogP contribution in [-0.4, -0.2) is 32.8 Å². The van der Waals surface area contributed by atoms with Gasteiger partial charge in [0.05, 0.1) is 7.11 Å². The largest absolute Gasteiger partial charge is 0.493 e. The zero-order valence-electron chi connectivity index (χ0n) is 13.8. The molecule has 0 saturated carbocycles. The average molecular weight is 431 g/mol. The zero-order valence-corrected chi connectivity index (χ0v) is 15.4. The Hall–Kier alpha value is -2.55. The number of oxime groups is 1. The second kappa shape index (κ2) is 9.81.